The maximum absolute atomic E-state index is 9.20. The molecule has 0 aliphatic heterocycles. The summed E-state index contributed by atoms with van der Waals surface area (Å²) in [6, 6.07) is 1.47. The summed E-state index contributed by atoms with van der Waals surface area (Å²) < 4.78 is 0. The number of phenols is 1. The first-order valence-electron chi connectivity index (χ1n) is 2.97. The maximum Gasteiger partial charge on any atom is 0.157 e. The zero-order chi connectivity index (χ0) is 8.59. The molecular weight excluding hydrogens is 220 g/mol. The van der Waals surface area contributed by atoms with Crippen molar-refractivity contribution in [1.29, 1.82) is 0 Å². The van der Waals surface area contributed by atoms with E-state index >= 15 is 0 Å². The summed E-state index contributed by atoms with van der Waals surface area (Å²) in [5, 5.41) is 9.88. The van der Waals surface area contributed by atoms with Gasteiger partial charge in [-0.2, -0.15) is 0 Å². The van der Waals surface area contributed by atoms with E-state index in [1.54, 1.807) is 6.92 Å². The summed E-state index contributed by atoms with van der Waals surface area (Å²) in [4.78, 5) is 0. The normalized spacial score (nSPS) is 9.25. The molecule has 0 saturated heterocycles. The Balaban J connectivity index is 0.00000121. The van der Waals surface area contributed by atoms with Gasteiger partial charge in [0.05, 0.1) is 10.7 Å². The molecule has 0 saturated carbocycles. The van der Waals surface area contributed by atoms with Gasteiger partial charge in [0.15, 0.2) is 5.75 Å². The minimum absolute atomic E-state index is 0. The SMILES string of the molecule is Cc1c(Cl)cc(N)c(O)c1Cl.Cl. The zero-order valence-electron chi connectivity index (χ0n) is 6.27. The molecule has 0 amide bonds. The van der Waals surface area contributed by atoms with Crippen LogP contribution < -0.4 is 5.73 Å². The van der Waals surface area contributed by atoms with Gasteiger partial charge in [-0.05, 0) is 18.6 Å². The van der Waals surface area contributed by atoms with E-state index in [1.165, 1.54) is 6.07 Å². The molecule has 0 aromatic heterocycles. The molecule has 1 rings (SSSR count). The van der Waals surface area contributed by atoms with Crippen LogP contribution in [0.3, 0.4) is 0 Å². The van der Waals surface area contributed by atoms with Gasteiger partial charge in [-0.15, -0.1) is 12.4 Å². The topological polar surface area (TPSA) is 46.2 Å². The molecule has 0 unspecified atom stereocenters. The van der Waals surface area contributed by atoms with Gasteiger partial charge in [0, 0.05) is 5.02 Å². The second-order valence-corrected chi connectivity index (χ2v) is 3.02. The van der Waals surface area contributed by atoms with Crippen LogP contribution in [0.4, 0.5) is 5.69 Å². The fourth-order valence-electron chi connectivity index (χ4n) is 0.722. The Hall–Kier alpha value is -0.310. The number of hydrogen-bond acceptors (Lipinski definition) is 2. The fraction of sp³-hybridized carbons (Fsp3) is 0.143. The van der Waals surface area contributed by atoms with Gasteiger partial charge in [-0.25, -0.2) is 0 Å². The van der Waals surface area contributed by atoms with Crippen LogP contribution >= 0.6 is 35.6 Å². The number of benzene rings is 1. The average molecular weight is 229 g/mol. The van der Waals surface area contributed by atoms with Crippen LogP contribution in [0, 0.1) is 6.92 Å². The number of anilines is 1. The first kappa shape index (κ1) is 11.7. The van der Waals surface area contributed by atoms with Gasteiger partial charge in [-0.3, -0.25) is 0 Å². The van der Waals surface area contributed by atoms with Gasteiger partial charge < -0.3 is 10.8 Å². The highest BCUT2D eigenvalue weighted by molar-refractivity contribution is 6.37. The molecule has 68 valence electrons. The smallest absolute Gasteiger partial charge is 0.157 e. The molecule has 0 radical (unpaired) electrons. The second kappa shape index (κ2) is 4.08. The Morgan fingerprint density at radius 2 is 1.92 bits per heavy atom. The summed E-state index contributed by atoms with van der Waals surface area (Å²) in [5.41, 5.74) is 6.21. The molecule has 0 aliphatic carbocycles. The Morgan fingerprint density at radius 1 is 1.42 bits per heavy atom. The Morgan fingerprint density at radius 3 is 2.42 bits per heavy atom. The molecule has 2 nitrogen and oxygen atoms in total. The van der Waals surface area contributed by atoms with Crippen LogP contribution in [-0.4, -0.2) is 5.11 Å². The Kier molecular flexibility index (Phi) is 3.97. The van der Waals surface area contributed by atoms with Crippen LogP contribution in [0.25, 0.3) is 0 Å². The first-order valence-corrected chi connectivity index (χ1v) is 3.72. The predicted octanol–water partition coefficient (Wildman–Crippen LogP) is 3.01. The fourth-order valence-corrected chi connectivity index (χ4v) is 1.19. The molecule has 0 spiro atoms. The van der Waals surface area contributed by atoms with Crippen LogP contribution in [0.15, 0.2) is 6.07 Å². The minimum Gasteiger partial charge on any atom is -0.504 e. The molecule has 0 heterocycles. The van der Waals surface area contributed by atoms with Crippen molar-refractivity contribution in [2.75, 3.05) is 5.73 Å². The summed E-state index contributed by atoms with van der Waals surface area (Å²) in [6.45, 7) is 1.71. The van der Waals surface area contributed by atoms with Crippen LogP contribution in [0.5, 0.6) is 5.75 Å². The van der Waals surface area contributed by atoms with E-state index < -0.39 is 0 Å². The van der Waals surface area contributed by atoms with Crippen molar-refractivity contribution in [3.8, 4) is 5.75 Å². The van der Waals surface area contributed by atoms with Crippen molar-refractivity contribution in [2.24, 2.45) is 0 Å². The Labute approximate surface area is 86.7 Å². The highest BCUT2D eigenvalue weighted by Crippen LogP contribution is 2.36. The summed E-state index contributed by atoms with van der Waals surface area (Å²) in [5.74, 6) is -0.103. The lowest BCUT2D eigenvalue weighted by molar-refractivity contribution is 0.478. The predicted molar refractivity (Wildman–Crippen MR) is 54.5 cm³/mol. The number of halogens is 3. The molecule has 1 aromatic rings. The lowest BCUT2D eigenvalue weighted by atomic mass is 10.2. The third-order valence-corrected chi connectivity index (χ3v) is 2.31. The van der Waals surface area contributed by atoms with E-state index in [-0.39, 0.29) is 28.9 Å². The van der Waals surface area contributed by atoms with E-state index in [4.69, 9.17) is 28.9 Å². The summed E-state index contributed by atoms with van der Waals surface area (Å²) in [6.07, 6.45) is 0. The standard InChI is InChI=1S/C7H7Cl2NO.ClH/c1-3-4(8)2-5(10)7(11)6(3)9;/h2,11H,10H2,1H3;1H. The molecular formula is C7H8Cl3NO. The van der Waals surface area contributed by atoms with E-state index in [2.05, 4.69) is 0 Å². The molecule has 0 aliphatic rings. The highest BCUT2D eigenvalue weighted by Gasteiger charge is 2.09. The number of aromatic hydroxyl groups is 1. The van der Waals surface area contributed by atoms with Crippen LogP contribution in [0.2, 0.25) is 10.0 Å². The average Bonchev–Trinajstić information content (AvgIpc) is 1.97. The van der Waals surface area contributed by atoms with Crippen molar-refractivity contribution in [2.45, 2.75) is 6.92 Å². The quantitative estimate of drug-likeness (QED) is 0.530. The van der Waals surface area contributed by atoms with Crippen LogP contribution in [-0.2, 0) is 0 Å². The zero-order valence-corrected chi connectivity index (χ0v) is 8.59. The summed E-state index contributed by atoms with van der Waals surface area (Å²) in [7, 11) is 0. The van der Waals surface area contributed by atoms with Gasteiger partial charge in [-0.1, -0.05) is 23.2 Å². The minimum atomic E-state index is -0.103. The summed E-state index contributed by atoms with van der Waals surface area (Å²) >= 11 is 11.4. The van der Waals surface area contributed by atoms with Gasteiger partial charge in [0.1, 0.15) is 0 Å². The van der Waals surface area contributed by atoms with Crippen molar-refractivity contribution in [3.05, 3.63) is 21.7 Å². The van der Waals surface area contributed by atoms with Gasteiger partial charge in [0.25, 0.3) is 0 Å². The van der Waals surface area contributed by atoms with E-state index in [0.717, 1.165) is 0 Å². The molecule has 0 bridgehead atoms. The van der Waals surface area contributed by atoms with Crippen LogP contribution in [0.1, 0.15) is 5.56 Å². The van der Waals surface area contributed by atoms with E-state index in [1.807, 2.05) is 0 Å². The van der Waals surface area contributed by atoms with E-state index in [0.29, 0.717) is 10.6 Å². The maximum atomic E-state index is 9.20. The first-order chi connectivity index (χ1) is 5.04. The number of phenolic OH excluding ortho intramolecular Hbond substituents is 1. The molecule has 0 atom stereocenters. The highest BCUT2D eigenvalue weighted by atomic mass is 35.5. The second-order valence-electron chi connectivity index (χ2n) is 2.24. The monoisotopic (exact) mass is 227 g/mol. The largest absolute Gasteiger partial charge is 0.504 e. The third-order valence-electron chi connectivity index (χ3n) is 1.45. The number of nitrogen functional groups attached to an aromatic ring is 1. The number of hydrogen-bond donors (Lipinski definition) is 2. The molecule has 5 heteroatoms. The van der Waals surface area contributed by atoms with Crippen molar-refractivity contribution in [3.63, 3.8) is 0 Å². The van der Waals surface area contributed by atoms with Crippen molar-refractivity contribution >= 4 is 41.3 Å². The van der Waals surface area contributed by atoms with Gasteiger partial charge >= 0.3 is 0 Å². The lowest BCUT2D eigenvalue weighted by Gasteiger charge is -2.05. The molecule has 3 N–H and O–H groups in total. The number of nitrogens with two attached hydrogens (primary N) is 1. The molecule has 0 fully saturated rings. The van der Waals surface area contributed by atoms with Gasteiger partial charge in [0.2, 0.25) is 0 Å². The Bertz CT molecular complexity index is 275. The van der Waals surface area contributed by atoms with Crippen molar-refractivity contribution in [1.82, 2.24) is 0 Å². The third kappa shape index (κ3) is 1.89. The van der Waals surface area contributed by atoms with Crippen molar-refractivity contribution < 1.29 is 5.11 Å². The lowest BCUT2D eigenvalue weighted by Crippen LogP contribution is -1.88. The van der Waals surface area contributed by atoms with E-state index in [9.17, 15) is 5.11 Å². The number of rotatable bonds is 0. The molecule has 1 aromatic carbocycles. The molecule has 12 heavy (non-hydrogen) atoms.